The summed E-state index contributed by atoms with van der Waals surface area (Å²) in [5, 5.41) is 11.4. The van der Waals surface area contributed by atoms with E-state index < -0.39 is 35.8 Å². The van der Waals surface area contributed by atoms with Gasteiger partial charge in [0.15, 0.2) is 0 Å². The quantitative estimate of drug-likeness (QED) is 0.895. The number of anilines is 1. The number of rotatable bonds is 4. The van der Waals surface area contributed by atoms with Crippen LogP contribution in [0.15, 0.2) is 24.3 Å². The van der Waals surface area contributed by atoms with E-state index in [9.17, 15) is 22.8 Å². The molecule has 1 aliphatic carbocycles. The summed E-state index contributed by atoms with van der Waals surface area (Å²) in [5.74, 6) is -2.76. The Kier molecular flexibility index (Phi) is 4.58. The Morgan fingerprint density at radius 1 is 1.23 bits per heavy atom. The minimum Gasteiger partial charge on any atom is -0.481 e. The molecule has 2 rings (SSSR count). The highest BCUT2D eigenvalue weighted by Gasteiger charge is 2.34. The van der Waals surface area contributed by atoms with Crippen molar-refractivity contribution in [2.24, 2.45) is 11.8 Å². The Balaban J connectivity index is 1.97. The summed E-state index contributed by atoms with van der Waals surface area (Å²) in [6, 6.07) is 4.95. The van der Waals surface area contributed by atoms with Crippen LogP contribution < -0.4 is 10.1 Å². The van der Waals surface area contributed by atoms with Crippen molar-refractivity contribution < 1.29 is 32.6 Å². The van der Waals surface area contributed by atoms with Crippen molar-refractivity contribution >= 4 is 17.6 Å². The first-order valence-corrected chi connectivity index (χ1v) is 6.64. The molecule has 1 aromatic carbocycles. The minimum atomic E-state index is -4.80. The van der Waals surface area contributed by atoms with Crippen LogP contribution in [0.25, 0.3) is 0 Å². The van der Waals surface area contributed by atoms with Crippen LogP contribution in [0.5, 0.6) is 5.75 Å². The first kappa shape index (κ1) is 16.1. The Morgan fingerprint density at radius 2 is 1.91 bits per heavy atom. The lowest BCUT2D eigenvalue weighted by Gasteiger charge is -2.13. The highest BCUT2D eigenvalue weighted by molar-refractivity contribution is 5.93. The Bertz CT molecular complexity index is 573. The Labute approximate surface area is 124 Å². The first-order valence-electron chi connectivity index (χ1n) is 6.64. The second kappa shape index (κ2) is 6.25. The van der Waals surface area contributed by atoms with Crippen molar-refractivity contribution in [1.29, 1.82) is 0 Å². The SMILES string of the molecule is O=C(O)[C@@H]1CC[C@H](C(=O)Nc2cccc(OC(F)(F)F)c2)C1. The van der Waals surface area contributed by atoms with Gasteiger partial charge in [0.1, 0.15) is 5.75 Å². The van der Waals surface area contributed by atoms with Crippen LogP contribution in [0.1, 0.15) is 19.3 Å². The van der Waals surface area contributed by atoms with E-state index in [0.29, 0.717) is 12.8 Å². The van der Waals surface area contributed by atoms with E-state index in [1.807, 2.05) is 0 Å². The third kappa shape index (κ3) is 4.37. The number of carboxylic acid groups (broad SMARTS) is 1. The molecule has 0 aliphatic heterocycles. The molecule has 0 bridgehead atoms. The van der Waals surface area contributed by atoms with Crippen LogP contribution in [-0.4, -0.2) is 23.3 Å². The maximum Gasteiger partial charge on any atom is 0.573 e. The number of ether oxygens (including phenoxy) is 1. The number of carboxylic acids is 1. The number of halogens is 3. The molecule has 0 unspecified atom stereocenters. The molecule has 0 spiro atoms. The molecule has 5 nitrogen and oxygen atoms in total. The van der Waals surface area contributed by atoms with Gasteiger partial charge >= 0.3 is 12.3 Å². The van der Waals surface area contributed by atoms with Crippen molar-refractivity contribution in [2.45, 2.75) is 25.6 Å². The number of carbonyl (C=O) groups is 2. The van der Waals surface area contributed by atoms with Gasteiger partial charge in [0, 0.05) is 17.7 Å². The topological polar surface area (TPSA) is 75.6 Å². The third-order valence-corrected chi connectivity index (χ3v) is 3.49. The summed E-state index contributed by atoms with van der Waals surface area (Å²) in [7, 11) is 0. The number of nitrogens with one attached hydrogen (secondary N) is 1. The summed E-state index contributed by atoms with van der Waals surface area (Å²) in [6.45, 7) is 0. The molecule has 1 amide bonds. The van der Waals surface area contributed by atoms with E-state index in [0.717, 1.165) is 12.1 Å². The van der Waals surface area contributed by atoms with E-state index in [1.54, 1.807) is 0 Å². The van der Waals surface area contributed by atoms with Gasteiger partial charge in [-0.25, -0.2) is 0 Å². The maximum absolute atomic E-state index is 12.1. The predicted molar refractivity (Wildman–Crippen MR) is 70.2 cm³/mol. The van der Waals surface area contributed by atoms with Crippen molar-refractivity contribution in [3.63, 3.8) is 0 Å². The normalized spacial score (nSPS) is 21.4. The average Bonchev–Trinajstić information content (AvgIpc) is 2.86. The second-order valence-electron chi connectivity index (χ2n) is 5.11. The zero-order valence-electron chi connectivity index (χ0n) is 11.4. The van der Waals surface area contributed by atoms with Crippen molar-refractivity contribution in [3.05, 3.63) is 24.3 Å². The van der Waals surface area contributed by atoms with Gasteiger partial charge < -0.3 is 15.2 Å². The van der Waals surface area contributed by atoms with E-state index in [1.165, 1.54) is 12.1 Å². The van der Waals surface area contributed by atoms with Gasteiger partial charge in [-0.15, -0.1) is 13.2 Å². The monoisotopic (exact) mass is 317 g/mol. The Morgan fingerprint density at radius 3 is 2.50 bits per heavy atom. The molecule has 120 valence electrons. The first-order chi connectivity index (χ1) is 10.2. The van der Waals surface area contributed by atoms with Gasteiger partial charge in [-0.2, -0.15) is 0 Å². The second-order valence-corrected chi connectivity index (χ2v) is 5.11. The van der Waals surface area contributed by atoms with Crippen LogP contribution in [0, 0.1) is 11.8 Å². The fourth-order valence-electron chi connectivity index (χ4n) is 2.46. The van der Waals surface area contributed by atoms with Crippen LogP contribution in [0.3, 0.4) is 0 Å². The van der Waals surface area contributed by atoms with E-state index in [4.69, 9.17) is 5.11 Å². The molecule has 0 saturated heterocycles. The lowest BCUT2D eigenvalue weighted by atomic mass is 10.0. The van der Waals surface area contributed by atoms with Crippen molar-refractivity contribution in [3.8, 4) is 5.75 Å². The van der Waals surface area contributed by atoms with Crippen LogP contribution >= 0.6 is 0 Å². The van der Waals surface area contributed by atoms with E-state index in [2.05, 4.69) is 10.1 Å². The van der Waals surface area contributed by atoms with Gasteiger partial charge in [0.2, 0.25) is 5.91 Å². The Hall–Kier alpha value is -2.25. The summed E-state index contributed by atoms with van der Waals surface area (Å²) in [6.07, 6.45) is -3.70. The largest absolute Gasteiger partial charge is 0.573 e. The maximum atomic E-state index is 12.1. The van der Waals surface area contributed by atoms with Gasteiger partial charge in [-0.1, -0.05) is 6.07 Å². The lowest BCUT2D eigenvalue weighted by Crippen LogP contribution is -2.22. The average molecular weight is 317 g/mol. The molecule has 8 heteroatoms. The number of alkyl halides is 3. The van der Waals surface area contributed by atoms with Crippen molar-refractivity contribution in [2.75, 3.05) is 5.32 Å². The smallest absolute Gasteiger partial charge is 0.481 e. The number of carbonyl (C=O) groups excluding carboxylic acids is 1. The molecule has 2 atom stereocenters. The zero-order chi connectivity index (χ0) is 16.3. The summed E-state index contributed by atoms with van der Waals surface area (Å²) >= 11 is 0. The van der Waals surface area contributed by atoms with Crippen molar-refractivity contribution in [1.82, 2.24) is 0 Å². The highest BCUT2D eigenvalue weighted by Crippen LogP contribution is 2.32. The molecule has 0 aromatic heterocycles. The minimum absolute atomic E-state index is 0.172. The summed E-state index contributed by atoms with van der Waals surface area (Å²) in [4.78, 5) is 22.9. The molecule has 22 heavy (non-hydrogen) atoms. The van der Waals surface area contributed by atoms with E-state index >= 15 is 0 Å². The number of hydrogen-bond donors (Lipinski definition) is 2. The molecule has 1 saturated carbocycles. The number of aliphatic carboxylic acids is 1. The fraction of sp³-hybridized carbons (Fsp3) is 0.429. The summed E-state index contributed by atoms with van der Waals surface area (Å²) < 4.78 is 40.2. The molecular formula is C14H14F3NO4. The summed E-state index contributed by atoms with van der Waals surface area (Å²) in [5.41, 5.74) is 0.172. The van der Waals surface area contributed by atoms with Gasteiger partial charge in [-0.05, 0) is 31.4 Å². The van der Waals surface area contributed by atoms with Gasteiger partial charge in [0.25, 0.3) is 0 Å². The number of hydrogen-bond acceptors (Lipinski definition) is 3. The molecule has 1 fully saturated rings. The van der Waals surface area contributed by atoms with Gasteiger partial charge in [-0.3, -0.25) is 9.59 Å². The third-order valence-electron chi connectivity index (χ3n) is 3.49. The van der Waals surface area contributed by atoms with Crippen LogP contribution in [0.4, 0.5) is 18.9 Å². The van der Waals surface area contributed by atoms with Crippen LogP contribution in [-0.2, 0) is 9.59 Å². The molecular weight excluding hydrogens is 303 g/mol. The lowest BCUT2D eigenvalue weighted by molar-refractivity contribution is -0.274. The number of benzene rings is 1. The molecule has 1 aromatic rings. The predicted octanol–water partition coefficient (Wildman–Crippen LogP) is 3.02. The van der Waals surface area contributed by atoms with Crippen LogP contribution in [0.2, 0.25) is 0 Å². The van der Waals surface area contributed by atoms with E-state index in [-0.39, 0.29) is 12.1 Å². The zero-order valence-corrected chi connectivity index (χ0v) is 11.4. The molecule has 2 N–H and O–H groups in total. The molecule has 1 aliphatic rings. The highest BCUT2D eigenvalue weighted by atomic mass is 19.4. The standard InChI is InChI=1S/C14H14F3NO4/c15-14(16,17)22-11-3-1-2-10(7-11)18-12(19)8-4-5-9(6-8)13(20)21/h1-3,7-9H,4-6H2,(H,18,19)(H,20,21)/t8-,9+/m0/s1. The molecule has 0 heterocycles. The van der Waals surface area contributed by atoms with Gasteiger partial charge in [0.05, 0.1) is 5.92 Å². The number of amides is 1. The molecule has 0 radical (unpaired) electrons. The fourth-order valence-corrected chi connectivity index (χ4v) is 2.46.